The van der Waals surface area contributed by atoms with Crippen LogP contribution in [0.25, 0.3) is 33.0 Å². The van der Waals surface area contributed by atoms with Crippen LogP contribution in [0.3, 0.4) is 0 Å². The molecule has 0 spiro atoms. The molecule has 1 aromatic heterocycles. The van der Waals surface area contributed by atoms with Crippen LogP contribution in [0.4, 0.5) is 0 Å². The first-order valence-electron chi connectivity index (χ1n) is 8.57. The smallest absolute Gasteiger partial charge is 0.124 e. The zero-order valence-corrected chi connectivity index (χ0v) is 17.2. The third-order valence-electron chi connectivity index (χ3n) is 4.52. The first-order chi connectivity index (χ1) is 13.5. The van der Waals surface area contributed by atoms with Gasteiger partial charge in [0.1, 0.15) is 5.01 Å². The average Bonchev–Trinajstić information content (AvgIpc) is 3.20. The van der Waals surface area contributed by atoms with Gasteiger partial charge in [-0.05, 0) is 47.9 Å². The summed E-state index contributed by atoms with van der Waals surface area (Å²) in [5, 5.41) is 13.1. The third-order valence-corrected chi connectivity index (χ3v) is 6.15. The monoisotopic (exact) mass is 420 g/mol. The van der Waals surface area contributed by atoms with Gasteiger partial charge in [0.25, 0.3) is 0 Å². The summed E-state index contributed by atoms with van der Waals surface area (Å²) in [6.07, 6.45) is 0. The van der Waals surface area contributed by atoms with Crippen molar-refractivity contribution >= 4 is 34.5 Å². The van der Waals surface area contributed by atoms with Crippen LogP contribution in [0.5, 0.6) is 0 Å². The molecule has 0 amide bonds. The highest BCUT2D eigenvalue weighted by Gasteiger charge is 2.09. The Kier molecular flexibility index (Phi) is 5.19. The van der Waals surface area contributed by atoms with E-state index in [2.05, 4.69) is 30.3 Å². The second kappa shape index (κ2) is 7.77. The van der Waals surface area contributed by atoms with Gasteiger partial charge in [0.15, 0.2) is 0 Å². The largest absolute Gasteiger partial charge is 0.236 e. The average molecular weight is 421 g/mol. The van der Waals surface area contributed by atoms with Gasteiger partial charge >= 0.3 is 0 Å². The molecule has 0 bridgehead atoms. The fourth-order valence-electron chi connectivity index (χ4n) is 3.04. The van der Waals surface area contributed by atoms with Crippen LogP contribution in [0.2, 0.25) is 10.0 Å². The molecule has 0 atom stereocenters. The summed E-state index contributed by atoms with van der Waals surface area (Å²) in [6.45, 7) is 2.02. The number of hydrogen-bond donors (Lipinski definition) is 0. The van der Waals surface area contributed by atoms with Gasteiger partial charge < -0.3 is 0 Å². The van der Waals surface area contributed by atoms with Crippen molar-refractivity contribution in [2.45, 2.75) is 6.92 Å². The number of aryl methyl sites for hydroxylation is 1. The molecule has 0 aliphatic rings. The molecule has 136 valence electrons. The Morgan fingerprint density at radius 3 is 2.25 bits per heavy atom. The van der Waals surface area contributed by atoms with E-state index in [0.29, 0.717) is 15.6 Å². The molecule has 0 saturated heterocycles. The maximum absolute atomic E-state index is 9.03. The molecular weight excluding hydrogens is 407 g/mol. The molecule has 0 unspecified atom stereocenters. The highest BCUT2D eigenvalue weighted by atomic mass is 35.5. The second-order valence-electron chi connectivity index (χ2n) is 6.39. The Hall–Kier alpha value is -2.64. The normalized spacial score (nSPS) is 10.6. The van der Waals surface area contributed by atoms with Crippen molar-refractivity contribution in [1.29, 1.82) is 5.26 Å². The summed E-state index contributed by atoms with van der Waals surface area (Å²) in [5.41, 5.74) is 6.89. The molecule has 0 aliphatic heterocycles. The fraction of sp³-hybridized carbons (Fsp3) is 0.0435. The van der Waals surface area contributed by atoms with E-state index >= 15 is 0 Å². The quantitative estimate of drug-likeness (QED) is 0.341. The zero-order chi connectivity index (χ0) is 19.7. The maximum atomic E-state index is 9.03. The minimum atomic E-state index is 0.524. The van der Waals surface area contributed by atoms with Crippen LogP contribution in [-0.4, -0.2) is 4.98 Å². The van der Waals surface area contributed by atoms with E-state index in [0.717, 1.165) is 38.5 Å². The zero-order valence-electron chi connectivity index (χ0n) is 14.9. The molecule has 0 saturated carbocycles. The molecule has 4 aromatic rings. The van der Waals surface area contributed by atoms with Crippen molar-refractivity contribution in [1.82, 2.24) is 4.98 Å². The molecule has 0 radical (unpaired) electrons. The van der Waals surface area contributed by atoms with E-state index in [-0.39, 0.29) is 0 Å². The molecule has 4 rings (SSSR count). The Bertz CT molecular complexity index is 1200. The molecule has 1 heterocycles. The topological polar surface area (TPSA) is 36.7 Å². The Morgan fingerprint density at radius 2 is 1.57 bits per heavy atom. The number of benzene rings is 3. The van der Waals surface area contributed by atoms with Crippen molar-refractivity contribution in [3.63, 3.8) is 0 Å². The number of rotatable bonds is 3. The molecular formula is C23H14Cl2N2S. The molecule has 3 aromatic carbocycles. The van der Waals surface area contributed by atoms with Crippen LogP contribution in [0.1, 0.15) is 11.1 Å². The van der Waals surface area contributed by atoms with Gasteiger partial charge in [0, 0.05) is 16.5 Å². The van der Waals surface area contributed by atoms with Gasteiger partial charge in [-0.15, -0.1) is 11.3 Å². The van der Waals surface area contributed by atoms with E-state index in [9.17, 15) is 0 Å². The SMILES string of the molecule is Cc1cc(C#N)ccc1-c1ccc(-c2nc(-c3ccc(Cl)c(Cl)c3)cs2)cc1. The highest BCUT2D eigenvalue weighted by molar-refractivity contribution is 7.13. The van der Waals surface area contributed by atoms with E-state index < -0.39 is 0 Å². The molecule has 0 aliphatic carbocycles. The maximum Gasteiger partial charge on any atom is 0.124 e. The number of thiazole rings is 1. The summed E-state index contributed by atoms with van der Waals surface area (Å²) in [6, 6.07) is 21.8. The molecule has 2 nitrogen and oxygen atoms in total. The minimum Gasteiger partial charge on any atom is -0.236 e. The predicted molar refractivity (Wildman–Crippen MR) is 118 cm³/mol. The standard InChI is InChI=1S/C23H14Cl2N2S/c1-14-10-15(12-26)2-8-19(14)16-3-5-17(6-4-16)23-27-22(13-28-23)18-7-9-20(24)21(25)11-18/h2-11,13H,1H3. The highest BCUT2D eigenvalue weighted by Crippen LogP contribution is 2.33. The van der Waals surface area contributed by atoms with Gasteiger partial charge in [-0.25, -0.2) is 4.98 Å². The van der Waals surface area contributed by atoms with E-state index in [1.807, 2.05) is 42.6 Å². The number of halogens is 2. The van der Waals surface area contributed by atoms with Crippen molar-refractivity contribution in [3.05, 3.63) is 87.2 Å². The Labute approximate surface area is 177 Å². The molecule has 0 N–H and O–H groups in total. The van der Waals surface area contributed by atoms with E-state index in [4.69, 9.17) is 33.4 Å². The van der Waals surface area contributed by atoms with Gasteiger partial charge in [0.2, 0.25) is 0 Å². The summed E-state index contributed by atoms with van der Waals surface area (Å²) < 4.78 is 0. The number of nitrogens with zero attached hydrogens (tertiary/aromatic N) is 2. The Morgan fingerprint density at radius 1 is 0.857 bits per heavy atom. The first-order valence-corrected chi connectivity index (χ1v) is 10.2. The lowest BCUT2D eigenvalue weighted by atomic mass is 9.98. The number of hydrogen-bond acceptors (Lipinski definition) is 3. The van der Waals surface area contributed by atoms with Gasteiger partial charge in [0.05, 0.1) is 27.4 Å². The van der Waals surface area contributed by atoms with Crippen molar-refractivity contribution in [2.75, 3.05) is 0 Å². The van der Waals surface area contributed by atoms with Crippen LogP contribution in [0.15, 0.2) is 66.0 Å². The molecule has 5 heteroatoms. The lowest BCUT2D eigenvalue weighted by molar-refractivity contribution is 1.39. The van der Waals surface area contributed by atoms with Crippen LogP contribution >= 0.6 is 34.5 Å². The number of nitriles is 1. The van der Waals surface area contributed by atoms with Crippen LogP contribution in [0, 0.1) is 18.3 Å². The van der Waals surface area contributed by atoms with Crippen LogP contribution < -0.4 is 0 Å². The fourth-order valence-corrected chi connectivity index (χ4v) is 4.18. The molecule has 0 fully saturated rings. The van der Waals surface area contributed by atoms with Crippen molar-refractivity contribution < 1.29 is 0 Å². The second-order valence-corrected chi connectivity index (χ2v) is 8.06. The first kappa shape index (κ1) is 18.7. The van der Waals surface area contributed by atoms with E-state index in [1.165, 1.54) is 0 Å². The van der Waals surface area contributed by atoms with Gasteiger partial charge in [-0.3, -0.25) is 0 Å². The lowest BCUT2D eigenvalue weighted by Gasteiger charge is -2.07. The summed E-state index contributed by atoms with van der Waals surface area (Å²) in [7, 11) is 0. The minimum absolute atomic E-state index is 0.524. The number of aromatic nitrogens is 1. The molecule has 28 heavy (non-hydrogen) atoms. The lowest BCUT2D eigenvalue weighted by Crippen LogP contribution is -1.86. The summed E-state index contributed by atoms with van der Waals surface area (Å²) >= 11 is 13.7. The Balaban J connectivity index is 1.62. The van der Waals surface area contributed by atoms with Crippen molar-refractivity contribution in [2.24, 2.45) is 0 Å². The summed E-state index contributed by atoms with van der Waals surface area (Å²) in [4.78, 5) is 4.74. The third kappa shape index (κ3) is 3.68. The van der Waals surface area contributed by atoms with Crippen molar-refractivity contribution in [3.8, 4) is 39.0 Å². The predicted octanol–water partition coefficient (Wildman–Crippen LogP) is 7.63. The van der Waals surface area contributed by atoms with Gasteiger partial charge in [-0.2, -0.15) is 5.26 Å². The van der Waals surface area contributed by atoms with Gasteiger partial charge in [-0.1, -0.05) is 59.6 Å². The van der Waals surface area contributed by atoms with Crippen LogP contribution in [-0.2, 0) is 0 Å². The summed E-state index contributed by atoms with van der Waals surface area (Å²) in [5.74, 6) is 0. The van der Waals surface area contributed by atoms with E-state index in [1.54, 1.807) is 17.4 Å².